The minimum Gasteiger partial charge on any atom is -0.410 e. The molecule has 2 bridgehead atoms. The molecule has 0 aromatic heterocycles. The third-order valence-corrected chi connectivity index (χ3v) is 9.40. The van der Waals surface area contributed by atoms with Gasteiger partial charge in [-0.2, -0.15) is 0 Å². The molecule has 0 aromatic carbocycles. The zero-order chi connectivity index (χ0) is 15.9. The number of aliphatic hydroxyl groups is 1. The van der Waals surface area contributed by atoms with Gasteiger partial charge in [0.05, 0.1) is 6.10 Å². The fourth-order valence-electron chi connectivity index (χ4n) is 2.49. The molecule has 0 saturated carbocycles. The van der Waals surface area contributed by atoms with E-state index in [-0.39, 0.29) is 16.7 Å². The molecule has 0 amide bonds. The molecule has 4 heteroatoms. The van der Waals surface area contributed by atoms with Crippen LogP contribution in [0.15, 0.2) is 36.5 Å². The van der Waals surface area contributed by atoms with Crippen molar-refractivity contribution in [3.05, 3.63) is 36.5 Å². The number of carbonyl (C=O) groups is 1. The summed E-state index contributed by atoms with van der Waals surface area (Å²) in [4.78, 5) is 12.4. The molecular weight excluding hydrogens is 280 g/mol. The summed E-state index contributed by atoms with van der Waals surface area (Å²) in [7, 11) is -2.09. The number of rotatable bonds is 2. The summed E-state index contributed by atoms with van der Waals surface area (Å²) in [5, 5.41) is 11.0. The molecule has 0 aliphatic heterocycles. The molecule has 0 radical (unpaired) electrons. The zero-order valence-electron chi connectivity index (χ0n) is 13.6. The lowest BCUT2D eigenvalue weighted by Gasteiger charge is -2.44. The summed E-state index contributed by atoms with van der Waals surface area (Å²) < 4.78 is 6.47. The second kappa shape index (κ2) is 5.34. The van der Waals surface area contributed by atoms with Crippen LogP contribution in [-0.2, 0) is 9.22 Å². The summed E-state index contributed by atoms with van der Waals surface area (Å²) in [6.45, 7) is 10.8. The fraction of sp³-hybridized carbons (Fsp3) is 0.588. The molecule has 0 saturated heterocycles. The maximum atomic E-state index is 12.4. The topological polar surface area (TPSA) is 46.5 Å². The lowest BCUT2D eigenvalue weighted by Crippen LogP contribution is -2.56. The van der Waals surface area contributed by atoms with Gasteiger partial charge in [0.25, 0.3) is 0 Å². The first-order valence-electron chi connectivity index (χ1n) is 7.55. The van der Waals surface area contributed by atoms with Crippen LogP contribution in [0.1, 0.15) is 27.2 Å². The van der Waals surface area contributed by atoms with Crippen LogP contribution >= 0.6 is 0 Å². The van der Waals surface area contributed by atoms with Crippen LogP contribution in [0.5, 0.6) is 0 Å². The van der Waals surface area contributed by atoms with Crippen LogP contribution in [0.3, 0.4) is 0 Å². The summed E-state index contributed by atoms with van der Waals surface area (Å²) in [6, 6.07) is 0. The van der Waals surface area contributed by atoms with E-state index >= 15 is 0 Å². The molecule has 2 aliphatic rings. The van der Waals surface area contributed by atoms with E-state index in [1.54, 1.807) is 12.2 Å². The monoisotopic (exact) mass is 306 g/mol. The highest BCUT2D eigenvalue weighted by Gasteiger charge is 2.50. The van der Waals surface area contributed by atoms with E-state index in [9.17, 15) is 9.90 Å². The Labute approximate surface area is 128 Å². The van der Waals surface area contributed by atoms with Crippen molar-refractivity contribution in [2.45, 2.75) is 57.0 Å². The molecule has 0 spiro atoms. The van der Waals surface area contributed by atoms with Crippen molar-refractivity contribution in [2.24, 2.45) is 5.92 Å². The minimum absolute atomic E-state index is 0.0156. The predicted octanol–water partition coefficient (Wildman–Crippen LogP) is 3.38. The smallest absolute Gasteiger partial charge is 0.193 e. The summed E-state index contributed by atoms with van der Waals surface area (Å²) in [6.07, 6.45) is 10.8. The van der Waals surface area contributed by atoms with E-state index in [2.05, 4.69) is 33.9 Å². The van der Waals surface area contributed by atoms with Crippen molar-refractivity contribution in [3.63, 3.8) is 0 Å². The average molecular weight is 306 g/mol. The molecule has 116 valence electrons. The van der Waals surface area contributed by atoms with Crippen molar-refractivity contribution >= 4 is 14.1 Å². The highest BCUT2D eigenvalue weighted by molar-refractivity contribution is 6.74. The molecule has 0 aromatic rings. The standard InChI is InChI=1S/C17H26O3Si/c1-16(2,3)21(4,5)20-15-13-9-6-7-12-17(15,19)14(18)11-8-10-13/h6-9,11-13,15,19H,10H2,1-5H3/t13-,15+,17-/m1/s1. The molecule has 2 aliphatic carbocycles. The molecule has 0 unspecified atom stereocenters. The first-order valence-corrected chi connectivity index (χ1v) is 10.5. The number of hydrogen-bond acceptors (Lipinski definition) is 3. The Hall–Kier alpha value is -0.973. The van der Waals surface area contributed by atoms with Crippen molar-refractivity contribution in [3.8, 4) is 0 Å². The van der Waals surface area contributed by atoms with Gasteiger partial charge < -0.3 is 9.53 Å². The predicted molar refractivity (Wildman–Crippen MR) is 87.6 cm³/mol. The average Bonchev–Trinajstić information content (AvgIpc) is 2.56. The molecule has 3 nitrogen and oxygen atoms in total. The van der Waals surface area contributed by atoms with Gasteiger partial charge in [0, 0.05) is 5.92 Å². The lowest BCUT2D eigenvalue weighted by molar-refractivity contribution is -0.138. The second-order valence-electron chi connectivity index (χ2n) is 7.53. The Kier molecular flexibility index (Phi) is 4.17. The summed E-state index contributed by atoms with van der Waals surface area (Å²) in [5.41, 5.74) is -1.56. The van der Waals surface area contributed by atoms with Crippen LogP contribution < -0.4 is 0 Å². The minimum atomic E-state index is -2.09. The molecular formula is C17H26O3Si. The fourth-order valence-corrected chi connectivity index (χ4v) is 3.84. The van der Waals surface area contributed by atoms with Crippen LogP contribution in [0.25, 0.3) is 0 Å². The van der Waals surface area contributed by atoms with Crippen molar-refractivity contribution in [1.29, 1.82) is 0 Å². The number of fused-ring (bicyclic) bond motifs is 2. The first kappa shape index (κ1) is 16.4. The van der Waals surface area contributed by atoms with Crippen LogP contribution in [0.4, 0.5) is 0 Å². The number of ketones is 1. The zero-order valence-corrected chi connectivity index (χ0v) is 14.6. The third-order valence-electron chi connectivity index (χ3n) is 4.94. The molecule has 0 heterocycles. The van der Waals surface area contributed by atoms with Gasteiger partial charge in [-0.15, -0.1) is 0 Å². The highest BCUT2D eigenvalue weighted by atomic mass is 28.4. The Morgan fingerprint density at radius 1 is 1.33 bits per heavy atom. The third kappa shape index (κ3) is 2.98. The maximum absolute atomic E-state index is 12.4. The number of hydrogen-bond donors (Lipinski definition) is 1. The SMILES string of the molecule is CC(C)(C)[Si](C)(C)O[C@H]1[C@@H]2C=CC=C[C@@]1(O)C(=O)C=CC2. The second-order valence-corrected chi connectivity index (χ2v) is 12.3. The van der Waals surface area contributed by atoms with Gasteiger partial charge in [-0.1, -0.05) is 45.1 Å². The lowest BCUT2D eigenvalue weighted by atomic mass is 9.85. The van der Waals surface area contributed by atoms with E-state index in [0.717, 1.165) is 0 Å². The summed E-state index contributed by atoms with van der Waals surface area (Å²) in [5.74, 6) is -0.268. The summed E-state index contributed by atoms with van der Waals surface area (Å²) >= 11 is 0. The normalized spacial score (nSPS) is 33.0. The quantitative estimate of drug-likeness (QED) is 0.796. The van der Waals surface area contributed by atoms with Gasteiger partial charge >= 0.3 is 0 Å². The van der Waals surface area contributed by atoms with Gasteiger partial charge in [-0.05, 0) is 36.7 Å². The van der Waals surface area contributed by atoms with Crippen molar-refractivity contribution < 1.29 is 14.3 Å². The first-order chi connectivity index (χ1) is 9.58. The van der Waals surface area contributed by atoms with Gasteiger partial charge in [-0.3, -0.25) is 4.79 Å². The highest BCUT2D eigenvalue weighted by Crippen LogP contribution is 2.42. The van der Waals surface area contributed by atoms with Crippen LogP contribution in [0.2, 0.25) is 18.1 Å². The molecule has 21 heavy (non-hydrogen) atoms. The molecule has 0 fully saturated rings. The Balaban J connectivity index is 2.43. The number of allylic oxidation sites excluding steroid dienone is 3. The van der Waals surface area contributed by atoms with E-state index in [1.165, 1.54) is 6.08 Å². The molecule has 2 rings (SSSR count). The molecule has 3 atom stereocenters. The van der Waals surface area contributed by atoms with E-state index in [0.29, 0.717) is 6.42 Å². The van der Waals surface area contributed by atoms with Gasteiger partial charge in [0.1, 0.15) is 0 Å². The Morgan fingerprint density at radius 3 is 2.62 bits per heavy atom. The van der Waals surface area contributed by atoms with Crippen LogP contribution in [-0.4, -0.2) is 30.9 Å². The van der Waals surface area contributed by atoms with Crippen LogP contribution in [0, 0.1) is 5.92 Å². The van der Waals surface area contributed by atoms with E-state index in [1.807, 2.05) is 18.2 Å². The van der Waals surface area contributed by atoms with Gasteiger partial charge in [0.2, 0.25) is 0 Å². The largest absolute Gasteiger partial charge is 0.410 e. The van der Waals surface area contributed by atoms with Gasteiger partial charge in [0.15, 0.2) is 19.7 Å². The Bertz CT molecular complexity index is 511. The van der Waals surface area contributed by atoms with E-state index < -0.39 is 20.0 Å². The maximum Gasteiger partial charge on any atom is 0.193 e. The van der Waals surface area contributed by atoms with Gasteiger partial charge in [-0.25, -0.2) is 0 Å². The molecule has 1 N–H and O–H groups in total. The number of carbonyl (C=O) groups excluding carboxylic acids is 1. The van der Waals surface area contributed by atoms with Crippen molar-refractivity contribution in [2.75, 3.05) is 0 Å². The Morgan fingerprint density at radius 2 is 2.00 bits per heavy atom. The van der Waals surface area contributed by atoms with Crippen molar-refractivity contribution in [1.82, 2.24) is 0 Å². The van der Waals surface area contributed by atoms with E-state index in [4.69, 9.17) is 4.43 Å².